The molecule has 24 heavy (non-hydrogen) atoms. The van der Waals surface area contributed by atoms with Crippen LogP contribution < -0.4 is 0 Å². The van der Waals surface area contributed by atoms with Crippen LogP contribution in [0.4, 0.5) is 8.78 Å². The van der Waals surface area contributed by atoms with E-state index in [4.69, 9.17) is 4.74 Å². The van der Waals surface area contributed by atoms with E-state index in [9.17, 15) is 18.4 Å². The summed E-state index contributed by atoms with van der Waals surface area (Å²) in [6.45, 7) is 7.22. The lowest BCUT2D eigenvalue weighted by atomic mass is 9.89. The summed E-state index contributed by atoms with van der Waals surface area (Å²) in [5.41, 5.74) is 0.147. The smallest absolute Gasteiger partial charge is 0.367 e. The molecule has 0 spiro atoms. The Kier molecular flexibility index (Phi) is 7.93. The first-order valence-electron chi connectivity index (χ1n) is 8.22. The third kappa shape index (κ3) is 6.63. The number of aromatic nitrogens is 1. The molecule has 136 valence electrons. The molecule has 1 aromatic heterocycles. The molecule has 1 aromatic rings. The molecule has 0 fully saturated rings. The minimum absolute atomic E-state index is 0.0101. The maximum absolute atomic E-state index is 14.0. The predicted octanol–water partition coefficient (Wildman–Crippen LogP) is 4.99. The molecule has 4 nitrogen and oxygen atoms in total. The predicted molar refractivity (Wildman–Crippen MR) is 89.8 cm³/mol. The van der Waals surface area contributed by atoms with Gasteiger partial charge in [0.05, 0.1) is 6.61 Å². The number of hydrogen-bond donors (Lipinski definition) is 0. The number of esters is 1. The van der Waals surface area contributed by atoms with E-state index >= 15 is 0 Å². The van der Waals surface area contributed by atoms with Gasteiger partial charge in [-0.1, -0.05) is 27.2 Å². The van der Waals surface area contributed by atoms with Crippen molar-refractivity contribution in [2.24, 2.45) is 11.8 Å². The zero-order valence-corrected chi connectivity index (χ0v) is 15.4. The van der Waals surface area contributed by atoms with Gasteiger partial charge in [0, 0.05) is 24.6 Å². The van der Waals surface area contributed by atoms with Crippen molar-refractivity contribution in [1.82, 2.24) is 4.98 Å². The average Bonchev–Trinajstić information content (AvgIpc) is 2.95. The number of carbonyl (C=O) groups is 2. The van der Waals surface area contributed by atoms with Gasteiger partial charge in [0.1, 0.15) is 5.69 Å². The number of carbonyl (C=O) groups excluding carboxylic acids is 2. The zero-order valence-electron chi connectivity index (χ0n) is 14.6. The van der Waals surface area contributed by atoms with Gasteiger partial charge in [-0.15, -0.1) is 11.3 Å². The normalized spacial score (nSPS) is 13.1. The van der Waals surface area contributed by atoms with E-state index in [2.05, 4.69) is 4.98 Å². The number of alkyl halides is 2. The molecule has 0 bridgehead atoms. The summed E-state index contributed by atoms with van der Waals surface area (Å²) in [7, 11) is 0. The molecule has 1 atom stereocenters. The molecule has 7 heteroatoms. The summed E-state index contributed by atoms with van der Waals surface area (Å²) in [6.07, 6.45) is 0.0220. The van der Waals surface area contributed by atoms with E-state index in [1.54, 1.807) is 27.7 Å². The van der Waals surface area contributed by atoms with Crippen LogP contribution in [0.2, 0.25) is 0 Å². The van der Waals surface area contributed by atoms with E-state index in [0.29, 0.717) is 6.42 Å². The zero-order chi connectivity index (χ0) is 18.3. The second-order valence-electron chi connectivity index (χ2n) is 6.32. The van der Waals surface area contributed by atoms with Crippen LogP contribution >= 0.6 is 11.3 Å². The minimum Gasteiger partial charge on any atom is -0.461 e. The molecule has 0 aliphatic carbocycles. The summed E-state index contributed by atoms with van der Waals surface area (Å²) in [5.74, 6) is -4.16. The van der Waals surface area contributed by atoms with Crippen LogP contribution in [-0.2, 0) is 4.74 Å². The molecule has 0 N–H and O–H groups in total. The third-order valence-electron chi connectivity index (χ3n) is 3.59. The van der Waals surface area contributed by atoms with Crippen molar-refractivity contribution in [3.63, 3.8) is 0 Å². The molecular formula is C17H25F2NO3S. The Labute approximate surface area is 145 Å². The van der Waals surface area contributed by atoms with Crippen molar-refractivity contribution >= 4 is 23.1 Å². The van der Waals surface area contributed by atoms with Gasteiger partial charge in [-0.05, 0) is 18.8 Å². The third-order valence-corrected chi connectivity index (χ3v) is 4.41. The van der Waals surface area contributed by atoms with Gasteiger partial charge >= 0.3 is 5.97 Å². The molecule has 1 heterocycles. The Morgan fingerprint density at radius 1 is 1.29 bits per heavy atom. The van der Waals surface area contributed by atoms with Crippen molar-refractivity contribution in [3.05, 3.63) is 16.1 Å². The number of halogens is 2. The van der Waals surface area contributed by atoms with Crippen LogP contribution in [0.15, 0.2) is 5.38 Å². The number of ether oxygens (including phenoxy) is 1. The molecule has 0 saturated heterocycles. The van der Waals surface area contributed by atoms with Gasteiger partial charge in [0.2, 0.25) is 10.9 Å². The van der Waals surface area contributed by atoms with E-state index in [1.807, 2.05) is 0 Å². The van der Waals surface area contributed by atoms with Crippen LogP contribution in [0.5, 0.6) is 0 Å². The number of Topliss-reactive ketones (excluding diaryl/α,β-unsaturated/α-hetero) is 1. The second-order valence-corrected chi connectivity index (χ2v) is 7.18. The summed E-state index contributed by atoms with van der Waals surface area (Å²) >= 11 is 1.03. The monoisotopic (exact) mass is 361 g/mol. The van der Waals surface area contributed by atoms with Gasteiger partial charge in [0.25, 0.3) is 0 Å². The van der Waals surface area contributed by atoms with E-state index in [1.165, 1.54) is 5.38 Å². The highest BCUT2D eigenvalue weighted by Crippen LogP contribution is 2.33. The first kappa shape index (κ1) is 20.7. The lowest BCUT2D eigenvalue weighted by Gasteiger charge is -2.23. The standard InChI is InChI=1S/C17H25F2NO3S/c1-5-12(9-17(18,19)8-11(3)4)7-14(21)13-10-24-15(20-13)16(22)23-6-2/h10-12H,5-9H2,1-4H3. The topological polar surface area (TPSA) is 56.3 Å². The maximum atomic E-state index is 14.0. The van der Waals surface area contributed by atoms with E-state index in [-0.39, 0.29) is 48.3 Å². The molecule has 0 radical (unpaired) electrons. The van der Waals surface area contributed by atoms with Crippen molar-refractivity contribution in [3.8, 4) is 0 Å². The van der Waals surface area contributed by atoms with Gasteiger partial charge in [-0.3, -0.25) is 4.79 Å². The molecule has 0 aliphatic rings. The lowest BCUT2D eigenvalue weighted by Crippen LogP contribution is -2.24. The van der Waals surface area contributed by atoms with Gasteiger partial charge in [0.15, 0.2) is 5.78 Å². The average molecular weight is 361 g/mol. The molecule has 0 amide bonds. The van der Waals surface area contributed by atoms with E-state index < -0.39 is 17.8 Å². The molecule has 1 unspecified atom stereocenters. The quantitative estimate of drug-likeness (QED) is 0.435. The summed E-state index contributed by atoms with van der Waals surface area (Å²) in [5, 5.41) is 1.59. The Hall–Kier alpha value is -1.37. The summed E-state index contributed by atoms with van der Waals surface area (Å²) in [4.78, 5) is 27.8. The fourth-order valence-corrected chi connectivity index (χ4v) is 3.23. The SMILES string of the molecule is CCOC(=O)c1nc(C(=O)CC(CC)CC(F)(F)CC(C)C)cs1. The minimum atomic E-state index is -2.77. The van der Waals surface area contributed by atoms with E-state index in [0.717, 1.165) is 11.3 Å². The fraction of sp³-hybridized carbons (Fsp3) is 0.706. The van der Waals surface area contributed by atoms with Crippen LogP contribution in [0.25, 0.3) is 0 Å². The van der Waals surface area contributed by atoms with Crippen LogP contribution in [-0.4, -0.2) is 29.3 Å². The first-order chi connectivity index (χ1) is 11.2. The van der Waals surface area contributed by atoms with Gasteiger partial charge < -0.3 is 4.74 Å². The highest BCUT2D eigenvalue weighted by molar-refractivity contribution is 7.11. The van der Waals surface area contributed by atoms with Crippen molar-refractivity contribution in [2.45, 2.75) is 59.3 Å². The first-order valence-corrected chi connectivity index (χ1v) is 9.10. The fourth-order valence-electron chi connectivity index (χ4n) is 2.52. The second kappa shape index (κ2) is 9.20. The number of nitrogens with zero attached hydrogens (tertiary/aromatic N) is 1. The largest absolute Gasteiger partial charge is 0.461 e. The Morgan fingerprint density at radius 3 is 2.50 bits per heavy atom. The number of rotatable bonds is 10. The molecular weight excluding hydrogens is 336 g/mol. The van der Waals surface area contributed by atoms with Gasteiger partial charge in [-0.25, -0.2) is 18.6 Å². The van der Waals surface area contributed by atoms with Crippen molar-refractivity contribution in [1.29, 1.82) is 0 Å². The number of thiazole rings is 1. The molecule has 1 rings (SSSR count). The molecule has 0 aliphatic heterocycles. The van der Waals surface area contributed by atoms with Crippen LogP contribution in [0.3, 0.4) is 0 Å². The highest BCUT2D eigenvalue weighted by atomic mass is 32.1. The van der Waals surface area contributed by atoms with Crippen molar-refractivity contribution in [2.75, 3.05) is 6.61 Å². The van der Waals surface area contributed by atoms with Gasteiger partial charge in [-0.2, -0.15) is 0 Å². The Balaban J connectivity index is 2.69. The maximum Gasteiger partial charge on any atom is 0.367 e. The lowest BCUT2D eigenvalue weighted by molar-refractivity contribution is -0.0414. The molecule has 0 saturated carbocycles. The van der Waals surface area contributed by atoms with Crippen molar-refractivity contribution < 1.29 is 23.1 Å². The number of hydrogen-bond acceptors (Lipinski definition) is 5. The molecule has 0 aromatic carbocycles. The Morgan fingerprint density at radius 2 is 1.96 bits per heavy atom. The van der Waals surface area contributed by atoms with Crippen LogP contribution in [0, 0.1) is 11.8 Å². The van der Waals surface area contributed by atoms with Crippen LogP contribution in [0.1, 0.15) is 73.7 Å². The highest BCUT2D eigenvalue weighted by Gasteiger charge is 2.33. The summed E-state index contributed by atoms with van der Waals surface area (Å²) < 4.78 is 32.8. The number of ketones is 1. The Bertz CT molecular complexity index is 558. The summed E-state index contributed by atoms with van der Waals surface area (Å²) in [6, 6.07) is 0.